The van der Waals surface area contributed by atoms with Gasteiger partial charge in [0, 0.05) is 6.42 Å². The normalized spacial score (nSPS) is 34.9. The van der Waals surface area contributed by atoms with Crippen molar-refractivity contribution in [1.29, 1.82) is 0 Å². The molecule has 0 radical (unpaired) electrons. The molecule has 0 saturated carbocycles. The molecule has 0 saturated heterocycles. The maximum atomic E-state index is 12.9. The molecule has 0 fully saturated rings. The number of hydrogen-bond donors (Lipinski definition) is 4. The van der Waals surface area contributed by atoms with Crippen molar-refractivity contribution in [3.8, 4) is 0 Å². The van der Waals surface area contributed by atoms with Crippen molar-refractivity contribution in [3.63, 3.8) is 0 Å². The van der Waals surface area contributed by atoms with E-state index in [2.05, 4.69) is 0 Å². The topological polar surface area (TPSA) is 98.0 Å². The van der Waals surface area contributed by atoms with Gasteiger partial charge in [0.15, 0.2) is 0 Å². The lowest BCUT2D eigenvalue weighted by molar-refractivity contribution is -0.135. The Morgan fingerprint density at radius 3 is 2.38 bits per heavy atom. The van der Waals surface area contributed by atoms with Crippen molar-refractivity contribution < 1.29 is 29.6 Å². The van der Waals surface area contributed by atoms with E-state index in [4.69, 9.17) is 20.4 Å². The fourth-order valence-electron chi connectivity index (χ4n) is 1.16. The van der Waals surface area contributed by atoms with Crippen molar-refractivity contribution in [2.45, 2.75) is 24.7 Å². The lowest BCUT2D eigenvalue weighted by Gasteiger charge is -2.27. The second-order valence-corrected chi connectivity index (χ2v) is 2.84. The lowest BCUT2D eigenvalue weighted by atomic mass is 9.91. The Balaban J connectivity index is 3.01. The molecule has 1 aliphatic carbocycles. The van der Waals surface area contributed by atoms with E-state index < -0.39 is 42.1 Å². The van der Waals surface area contributed by atoms with Gasteiger partial charge in [0.2, 0.25) is 0 Å². The van der Waals surface area contributed by atoms with Crippen LogP contribution in [0, 0.1) is 0 Å². The minimum atomic E-state index is -1.95. The molecule has 0 bridgehead atoms. The summed E-state index contributed by atoms with van der Waals surface area (Å²) in [4.78, 5) is 10.4. The molecule has 74 valence electrons. The summed E-state index contributed by atoms with van der Waals surface area (Å²) in [5.74, 6) is -2.83. The summed E-state index contributed by atoms with van der Waals surface area (Å²) < 4.78 is 12.9. The summed E-state index contributed by atoms with van der Waals surface area (Å²) in [5, 5.41) is 35.3. The summed E-state index contributed by atoms with van der Waals surface area (Å²) in [6.45, 7) is 0. The molecule has 0 heterocycles. The number of carboxylic acids is 1. The van der Waals surface area contributed by atoms with Gasteiger partial charge in [-0.3, -0.25) is 0 Å². The van der Waals surface area contributed by atoms with Crippen LogP contribution in [0.3, 0.4) is 0 Å². The molecule has 0 aromatic heterocycles. The van der Waals surface area contributed by atoms with Crippen LogP contribution in [0.1, 0.15) is 6.42 Å². The van der Waals surface area contributed by atoms with Crippen LogP contribution in [0.4, 0.5) is 4.39 Å². The van der Waals surface area contributed by atoms with Gasteiger partial charge in [0.25, 0.3) is 0 Å². The molecule has 0 spiro atoms. The number of aliphatic hydroxyl groups is 3. The number of carboxylic acid groups (broad SMARTS) is 1. The summed E-state index contributed by atoms with van der Waals surface area (Å²) in [6.07, 6.45) is -5.56. The van der Waals surface area contributed by atoms with Crippen LogP contribution in [-0.4, -0.2) is 44.7 Å². The molecular formula is C7H9FO5. The number of carbonyl (C=O) groups is 1. The van der Waals surface area contributed by atoms with Crippen LogP contribution in [0.5, 0.6) is 0 Å². The van der Waals surface area contributed by atoms with Gasteiger partial charge < -0.3 is 20.4 Å². The molecule has 0 aliphatic heterocycles. The lowest BCUT2D eigenvalue weighted by Crippen LogP contribution is -2.43. The standard InChI is InChI=1S/C7H9FO5/c8-4-2(7(12)13)1-3(9)5(10)6(4)11/h3,5-6,9-11H,1H2,(H,12,13)/t3-,5+,6-/m1/s1. The Morgan fingerprint density at radius 2 is 1.92 bits per heavy atom. The van der Waals surface area contributed by atoms with Gasteiger partial charge in [-0.2, -0.15) is 0 Å². The quantitative estimate of drug-likeness (QED) is 0.417. The molecule has 0 unspecified atom stereocenters. The zero-order valence-corrected chi connectivity index (χ0v) is 6.51. The first kappa shape index (κ1) is 10.1. The maximum Gasteiger partial charge on any atom is 0.334 e. The largest absolute Gasteiger partial charge is 0.478 e. The van der Waals surface area contributed by atoms with Crippen LogP contribution in [-0.2, 0) is 4.79 Å². The predicted octanol–water partition coefficient (Wildman–Crippen LogP) is -1.22. The van der Waals surface area contributed by atoms with Crippen molar-refractivity contribution in [1.82, 2.24) is 0 Å². The Labute approximate surface area is 72.7 Å². The molecule has 5 nitrogen and oxygen atoms in total. The highest BCUT2D eigenvalue weighted by atomic mass is 19.1. The van der Waals surface area contributed by atoms with Gasteiger partial charge >= 0.3 is 5.97 Å². The van der Waals surface area contributed by atoms with Crippen LogP contribution < -0.4 is 0 Å². The van der Waals surface area contributed by atoms with Gasteiger partial charge in [0.05, 0.1) is 11.7 Å². The Hall–Kier alpha value is -0.980. The third-order valence-electron chi connectivity index (χ3n) is 1.94. The summed E-state index contributed by atoms with van der Waals surface area (Å²) >= 11 is 0. The van der Waals surface area contributed by atoms with Crippen molar-refractivity contribution >= 4 is 5.97 Å². The zero-order valence-electron chi connectivity index (χ0n) is 6.51. The molecule has 0 aromatic rings. The minimum absolute atomic E-state index is 0.501. The summed E-state index contributed by atoms with van der Waals surface area (Å²) in [5.41, 5.74) is -0.690. The number of halogens is 1. The monoisotopic (exact) mass is 192 g/mol. The van der Waals surface area contributed by atoms with Crippen molar-refractivity contribution in [2.24, 2.45) is 0 Å². The van der Waals surface area contributed by atoms with Gasteiger partial charge in [-0.05, 0) is 0 Å². The van der Waals surface area contributed by atoms with Crippen LogP contribution >= 0.6 is 0 Å². The van der Waals surface area contributed by atoms with E-state index in [1.54, 1.807) is 0 Å². The van der Waals surface area contributed by atoms with E-state index in [9.17, 15) is 9.18 Å². The third-order valence-corrected chi connectivity index (χ3v) is 1.94. The SMILES string of the molecule is O=C(O)C1=C(F)[C@@H](O)[C@@H](O)[C@H](O)C1. The molecule has 1 aliphatic rings. The number of aliphatic hydroxyl groups excluding tert-OH is 3. The van der Waals surface area contributed by atoms with E-state index in [1.807, 2.05) is 0 Å². The first-order valence-corrected chi connectivity index (χ1v) is 3.61. The summed E-state index contributed by atoms with van der Waals surface area (Å²) in [6, 6.07) is 0. The molecule has 6 heteroatoms. The highest BCUT2D eigenvalue weighted by Crippen LogP contribution is 2.26. The highest BCUT2D eigenvalue weighted by Gasteiger charge is 2.38. The van der Waals surface area contributed by atoms with Crippen LogP contribution in [0.15, 0.2) is 11.4 Å². The predicted molar refractivity (Wildman–Crippen MR) is 38.4 cm³/mol. The molecule has 0 amide bonds. The van der Waals surface area contributed by atoms with Gasteiger partial charge in [-0.25, -0.2) is 9.18 Å². The zero-order chi connectivity index (χ0) is 10.2. The Bertz CT molecular complexity index is 262. The Kier molecular flexibility index (Phi) is 2.65. The van der Waals surface area contributed by atoms with Gasteiger partial charge in [-0.15, -0.1) is 0 Å². The smallest absolute Gasteiger partial charge is 0.334 e. The van der Waals surface area contributed by atoms with Gasteiger partial charge in [0.1, 0.15) is 18.0 Å². The van der Waals surface area contributed by atoms with E-state index in [0.29, 0.717) is 0 Å². The third kappa shape index (κ3) is 1.69. The molecule has 3 atom stereocenters. The van der Waals surface area contributed by atoms with E-state index in [0.717, 1.165) is 0 Å². The van der Waals surface area contributed by atoms with E-state index in [1.165, 1.54) is 0 Å². The average Bonchev–Trinajstić information content (AvgIpc) is 2.07. The number of rotatable bonds is 1. The van der Waals surface area contributed by atoms with Crippen LogP contribution in [0.2, 0.25) is 0 Å². The van der Waals surface area contributed by atoms with Crippen molar-refractivity contribution in [3.05, 3.63) is 11.4 Å². The molecule has 13 heavy (non-hydrogen) atoms. The number of aliphatic carboxylic acids is 1. The fourth-order valence-corrected chi connectivity index (χ4v) is 1.16. The summed E-state index contributed by atoms with van der Waals surface area (Å²) in [7, 11) is 0. The second kappa shape index (κ2) is 3.41. The Morgan fingerprint density at radius 1 is 1.38 bits per heavy atom. The fraction of sp³-hybridized carbons (Fsp3) is 0.571. The van der Waals surface area contributed by atoms with Crippen molar-refractivity contribution in [2.75, 3.05) is 0 Å². The molecular weight excluding hydrogens is 183 g/mol. The highest BCUT2D eigenvalue weighted by molar-refractivity contribution is 5.87. The van der Waals surface area contributed by atoms with E-state index in [-0.39, 0.29) is 0 Å². The first-order valence-electron chi connectivity index (χ1n) is 3.61. The van der Waals surface area contributed by atoms with E-state index >= 15 is 0 Å². The van der Waals surface area contributed by atoms with Crippen LogP contribution in [0.25, 0.3) is 0 Å². The minimum Gasteiger partial charge on any atom is -0.478 e. The first-order chi connectivity index (χ1) is 5.95. The molecule has 4 N–H and O–H groups in total. The maximum absolute atomic E-state index is 12.9. The van der Waals surface area contributed by atoms with Gasteiger partial charge in [-0.1, -0.05) is 0 Å². The molecule has 0 aromatic carbocycles. The molecule has 1 rings (SSSR count). The number of hydrogen-bond acceptors (Lipinski definition) is 4. The average molecular weight is 192 g/mol. The second-order valence-electron chi connectivity index (χ2n) is 2.84.